The number of alkyl halides is 3. The van der Waals surface area contributed by atoms with Crippen LogP contribution in [0, 0.1) is 0 Å². The summed E-state index contributed by atoms with van der Waals surface area (Å²) in [7, 11) is 0. The number of fused-ring (bicyclic) bond motifs is 2. The zero-order chi connectivity index (χ0) is 23.9. The van der Waals surface area contributed by atoms with Crippen LogP contribution >= 0.6 is 11.6 Å². The lowest BCUT2D eigenvalue weighted by Gasteiger charge is -2.26. The normalized spacial score (nSPS) is 15.5. The van der Waals surface area contributed by atoms with E-state index in [-0.39, 0.29) is 23.2 Å². The summed E-state index contributed by atoms with van der Waals surface area (Å²) in [5.74, 6) is 0.486. The molecule has 0 fully saturated rings. The fraction of sp³-hybridized carbons (Fsp3) is 0.160. The summed E-state index contributed by atoms with van der Waals surface area (Å²) in [6, 6.07) is 15.9. The van der Waals surface area contributed by atoms with E-state index in [0.29, 0.717) is 29.6 Å². The highest BCUT2D eigenvalue weighted by Gasteiger charge is 2.34. The van der Waals surface area contributed by atoms with Crippen LogP contribution in [0.3, 0.4) is 0 Å². The molecule has 1 aliphatic rings. The molecule has 1 amide bonds. The van der Waals surface area contributed by atoms with Crippen LogP contribution in [0.4, 0.5) is 13.2 Å². The van der Waals surface area contributed by atoms with Crippen molar-refractivity contribution >= 4 is 28.5 Å². The van der Waals surface area contributed by atoms with E-state index in [1.807, 2.05) is 24.3 Å². The average Bonchev–Trinajstić information content (AvgIpc) is 2.83. The Kier molecular flexibility index (Phi) is 5.61. The molecule has 2 heterocycles. The highest BCUT2D eigenvalue weighted by atomic mass is 35.5. The van der Waals surface area contributed by atoms with Crippen LogP contribution in [0.15, 0.2) is 66.9 Å². The molecule has 0 saturated heterocycles. The van der Waals surface area contributed by atoms with E-state index in [1.54, 1.807) is 18.2 Å². The number of rotatable bonds is 3. The van der Waals surface area contributed by atoms with Gasteiger partial charge in [-0.25, -0.2) is 4.98 Å². The third-order valence-corrected chi connectivity index (χ3v) is 6.06. The third kappa shape index (κ3) is 4.17. The Morgan fingerprint density at radius 3 is 2.71 bits per heavy atom. The van der Waals surface area contributed by atoms with E-state index in [9.17, 15) is 18.0 Å². The van der Waals surface area contributed by atoms with Gasteiger partial charge in [-0.1, -0.05) is 41.9 Å². The highest BCUT2D eigenvalue weighted by molar-refractivity contribution is 6.34. The van der Waals surface area contributed by atoms with Gasteiger partial charge >= 0.3 is 6.18 Å². The number of aromatic nitrogens is 2. The number of nitrogens with zero attached hydrogens (tertiary/aromatic N) is 2. The van der Waals surface area contributed by atoms with Gasteiger partial charge < -0.3 is 10.1 Å². The van der Waals surface area contributed by atoms with Gasteiger partial charge in [0.2, 0.25) is 0 Å². The molecule has 0 aliphatic carbocycles. The lowest BCUT2D eigenvalue weighted by atomic mass is 10.00. The Morgan fingerprint density at radius 1 is 1.06 bits per heavy atom. The van der Waals surface area contributed by atoms with Gasteiger partial charge in [0.05, 0.1) is 46.2 Å². The maximum absolute atomic E-state index is 13.2. The molecule has 0 radical (unpaired) electrons. The zero-order valence-electron chi connectivity index (χ0n) is 17.6. The molecule has 4 aromatic rings. The quantitative estimate of drug-likeness (QED) is 0.375. The first-order chi connectivity index (χ1) is 16.3. The minimum atomic E-state index is -4.58. The zero-order valence-corrected chi connectivity index (χ0v) is 18.3. The molecule has 1 aromatic heterocycles. The van der Waals surface area contributed by atoms with Gasteiger partial charge in [0, 0.05) is 23.1 Å². The molecule has 3 aromatic carbocycles. The predicted octanol–water partition coefficient (Wildman–Crippen LogP) is 6.22. The van der Waals surface area contributed by atoms with Crippen molar-refractivity contribution in [2.24, 2.45) is 0 Å². The van der Waals surface area contributed by atoms with E-state index < -0.39 is 16.8 Å². The number of hydrogen-bond donors (Lipinski definition) is 1. The maximum atomic E-state index is 13.2. The highest BCUT2D eigenvalue weighted by Crippen LogP contribution is 2.39. The van der Waals surface area contributed by atoms with Crippen LogP contribution in [0.5, 0.6) is 5.75 Å². The Labute approximate surface area is 197 Å². The maximum Gasteiger partial charge on any atom is 0.417 e. The molecule has 9 heteroatoms. The van der Waals surface area contributed by atoms with Gasteiger partial charge in [-0.15, -0.1) is 0 Å². The van der Waals surface area contributed by atoms with Crippen LogP contribution < -0.4 is 10.1 Å². The van der Waals surface area contributed by atoms with Gasteiger partial charge in [-0.05, 0) is 30.3 Å². The van der Waals surface area contributed by atoms with Crippen LogP contribution in [0.2, 0.25) is 5.02 Å². The SMILES string of the molecule is O=C(NC1CCOc2ccccc21)c1ccc2nc(-c3cccc(C(F)(F)F)c3Cl)cnc2c1. The summed E-state index contributed by atoms with van der Waals surface area (Å²) in [6.45, 7) is 0.506. The van der Waals surface area contributed by atoms with Gasteiger partial charge in [0.15, 0.2) is 0 Å². The summed E-state index contributed by atoms with van der Waals surface area (Å²) >= 11 is 6.02. The fourth-order valence-corrected chi connectivity index (χ4v) is 4.29. The molecular formula is C25H17ClF3N3O2. The van der Waals surface area contributed by atoms with Crippen LogP contribution in [-0.2, 0) is 6.18 Å². The Balaban J connectivity index is 1.42. The third-order valence-electron chi connectivity index (χ3n) is 5.65. The van der Waals surface area contributed by atoms with Crippen molar-refractivity contribution in [3.8, 4) is 17.0 Å². The number of benzene rings is 3. The van der Waals surface area contributed by atoms with E-state index in [0.717, 1.165) is 17.4 Å². The molecule has 0 bridgehead atoms. The summed E-state index contributed by atoms with van der Waals surface area (Å²) in [6.07, 6.45) is -2.58. The molecule has 1 unspecified atom stereocenters. The molecule has 0 saturated carbocycles. The van der Waals surface area contributed by atoms with Crippen LogP contribution in [0.25, 0.3) is 22.3 Å². The second kappa shape index (κ2) is 8.61. The van der Waals surface area contributed by atoms with Crippen molar-refractivity contribution in [2.75, 3.05) is 6.61 Å². The minimum Gasteiger partial charge on any atom is -0.493 e. The number of amides is 1. The summed E-state index contributed by atoms with van der Waals surface area (Å²) in [5, 5.41) is 2.60. The van der Waals surface area contributed by atoms with Crippen molar-refractivity contribution in [2.45, 2.75) is 18.6 Å². The van der Waals surface area contributed by atoms with Gasteiger partial charge in [0.1, 0.15) is 5.75 Å². The lowest BCUT2D eigenvalue weighted by Crippen LogP contribution is -2.32. The minimum absolute atomic E-state index is 0.130. The van der Waals surface area contributed by atoms with Crippen LogP contribution in [-0.4, -0.2) is 22.5 Å². The van der Waals surface area contributed by atoms with Crippen molar-refractivity contribution in [3.05, 3.63) is 88.6 Å². The van der Waals surface area contributed by atoms with Gasteiger partial charge in [-0.3, -0.25) is 9.78 Å². The molecule has 5 nitrogen and oxygen atoms in total. The number of carbonyl (C=O) groups is 1. The molecule has 1 atom stereocenters. The number of para-hydroxylation sites is 1. The largest absolute Gasteiger partial charge is 0.493 e. The summed E-state index contributed by atoms with van der Waals surface area (Å²) < 4.78 is 45.2. The van der Waals surface area contributed by atoms with Gasteiger partial charge in [0.25, 0.3) is 5.91 Å². The lowest BCUT2D eigenvalue weighted by molar-refractivity contribution is -0.137. The molecule has 1 aliphatic heterocycles. The van der Waals surface area contributed by atoms with E-state index in [2.05, 4.69) is 15.3 Å². The first-order valence-electron chi connectivity index (χ1n) is 10.5. The summed E-state index contributed by atoms with van der Waals surface area (Å²) in [5.41, 5.74) is 1.59. The number of ether oxygens (including phenoxy) is 1. The standard InChI is InChI=1S/C25H17ClF3N3O2/c26-23-16(5-3-6-17(23)25(27,28)29)21-13-30-20-12-14(8-9-19(20)31-21)24(33)32-18-10-11-34-22-7-2-1-4-15(18)22/h1-9,12-13,18H,10-11H2,(H,32,33). The number of hydrogen-bond acceptors (Lipinski definition) is 4. The Bertz CT molecular complexity index is 1410. The number of carbonyl (C=O) groups excluding carboxylic acids is 1. The predicted molar refractivity (Wildman–Crippen MR) is 122 cm³/mol. The van der Waals surface area contributed by atoms with E-state index in [1.165, 1.54) is 18.3 Å². The average molecular weight is 484 g/mol. The van der Waals surface area contributed by atoms with Crippen LogP contribution in [0.1, 0.15) is 33.9 Å². The first kappa shape index (κ1) is 22.2. The second-order valence-electron chi connectivity index (χ2n) is 7.82. The fourth-order valence-electron chi connectivity index (χ4n) is 3.96. The van der Waals surface area contributed by atoms with Gasteiger partial charge in [-0.2, -0.15) is 13.2 Å². The molecule has 1 N–H and O–H groups in total. The number of halogens is 4. The van der Waals surface area contributed by atoms with Crippen molar-refractivity contribution in [3.63, 3.8) is 0 Å². The smallest absolute Gasteiger partial charge is 0.417 e. The van der Waals surface area contributed by atoms with Crippen molar-refractivity contribution < 1.29 is 22.7 Å². The van der Waals surface area contributed by atoms with Crippen molar-refractivity contribution in [1.29, 1.82) is 0 Å². The molecule has 0 spiro atoms. The van der Waals surface area contributed by atoms with E-state index in [4.69, 9.17) is 16.3 Å². The topological polar surface area (TPSA) is 64.1 Å². The molecule has 34 heavy (non-hydrogen) atoms. The van der Waals surface area contributed by atoms with E-state index >= 15 is 0 Å². The molecule has 172 valence electrons. The summed E-state index contributed by atoms with van der Waals surface area (Å²) in [4.78, 5) is 21.6. The Morgan fingerprint density at radius 2 is 1.88 bits per heavy atom. The first-order valence-corrected chi connectivity index (χ1v) is 10.8. The molecule has 5 rings (SSSR count). The molecular weight excluding hydrogens is 467 g/mol. The second-order valence-corrected chi connectivity index (χ2v) is 8.20. The Hall–Kier alpha value is -3.65. The van der Waals surface area contributed by atoms with Crippen molar-refractivity contribution in [1.82, 2.24) is 15.3 Å². The number of nitrogens with one attached hydrogen (secondary N) is 1. The monoisotopic (exact) mass is 483 g/mol.